The number of hydrogen-bond acceptors (Lipinski definition) is 3. The van der Waals surface area contributed by atoms with Gasteiger partial charge in [0.2, 0.25) is 5.91 Å². The van der Waals surface area contributed by atoms with Crippen LogP contribution in [0.1, 0.15) is 24.8 Å². The van der Waals surface area contributed by atoms with Crippen LogP contribution in [0.25, 0.3) is 0 Å². The van der Waals surface area contributed by atoms with Crippen molar-refractivity contribution < 1.29 is 15.0 Å². The first kappa shape index (κ1) is 14.2. The summed E-state index contributed by atoms with van der Waals surface area (Å²) < 4.78 is 0. The van der Waals surface area contributed by atoms with Gasteiger partial charge in [-0.05, 0) is 37.0 Å². The molecule has 19 heavy (non-hydrogen) atoms. The Hall–Kier alpha value is -1.26. The highest BCUT2D eigenvalue weighted by Gasteiger charge is 2.19. The highest BCUT2D eigenvalue weighted by molar-refractivity contribution is 6.32. The Morgan fingerprint density at radius 2 is 2.16 bits per heavy atom. The number of phenols is 1. The Bertz CT molecular complexity index is 464. The minimum atomic E-state index is -0.291. The van der Waals surface area contributed by atoms with Crippen molar-refractivity contribution in [2.45, 2.75) is 31.8 Å². The maximum absolute atomic E-state index is 12.2. The van der Waals surface area contributed by atoms with E-state index in [0.29, 0.717) is 19.5 Å². The van der Waals surface area contributed by atoms with E-state index in [4.69, 9.17) is 11.6 Å². The van der Waals surface area contributed by atoms with Crippen LogP contribution in [-0.2, 0) is 11.2 Å². The van der Waals surface area contributed by atoms with Crippen LogP contribution in [0.15, 0.2) is 18.2 Å². The predicted octanol–water partition coefficient (Wildman–Crippen LogP) is 1.96. The van der Waals surface area contributed by atoms with Gasteiger partial charge in [-0.2, -0.15) is 0 Å². The topological polar surface area (TPSA) is 60.8 Å². The number of aromatic hydroxyl groups is 1. The number of hydrogen-bond donors (Lipinski definition) is 2. The number of halogens is 1. The Balaban J connectivity index is 1.98. The molecular weight excluding hydrogens is 266 g/mol. The maximum Gasteiger partial charge on any atom is 0.226 e. The van der Waals surface area contributed by atoms with E-state index in [1.165, 1.54) is 6.07 Å². The van der Waals surface area contributed by atoms with Crippen LogP contribution >= 0.6 is 11.6 Å². The van der Waals surface area contributed by atoms with Gasteiger partial charge in [-0.25, -0.2) is 0 Å². The molecule has 1 aliphatic heterocycles. The first-order valence-electron chi connectivity index (χ1n) is 6.49. The molecule has 5 heteroatoms. The van der Waals surface area contributed by atoms with Crippen molar-refractivity contribution in [3.8, 4) is 5.75 Å². The van der Waals surface area contributed by atoms with Crippen molar-refractivity contribution in [2.24, 2.45) is 0 Å². The van der Waals surface area contributed by atoms with Gasteiger partial charge in [-0.1, -0.05) is 17.7 Å². The second-order valence-electron chi connectivity index (χ2n) is 4.93. The lowest BCUT2D eigenvalue weighted by Gasteiger charge is -2.20. The van der Waals surface area contributed by atoms with E-state index in [2.05, 4.69) is 0 Å². The molecule has 0 saturated carbocycles. The van der Waals surface area contributed by atoms with Crippen LogP contribution < -0.4 is 0 Å². The fourth-order valence-electron chi connectivity index (χ4n) is 2.27. The zero-order valence-electron chi connectivity index (χ0n) is 10.7. The number of likely N-dealkylation sites (tertiary alicyclic amines) is 1. The number of carbonyl (C=O) groups is 1. The van der Waals surface area contributed by atoms with Crippen molar-refractivity contribution in [3.63, 3.8) is 0 Å². The molecule has 0 radical (unpaired) electrons. The van der Waals surface area contributed by atoms with Crippen LogP contribution in [0.2, 0.25) is 5.02 Å². The van der Waals surface area contributed by atoms with E-state index >= 15 is 0 Å². The van der Waals surface area contributed by atoms with E-state index in [0.717, 1.165) is 18.4 Å². The molecule has 2 N–H and O–H groups in total. The van der Waals surface area contributed by atoms with Crippen molar-refractivity contribution in [2.75, 3.05) is 13.1 Å². The molecular formula is C14H18ClNO3. The van der Waals surface area contributed by atoms with E-state index in [-0.39, 0.29) is 29.2 Å². The number of aliphatic hydroxyl groups excluding tert-OH is 1. The van der Waals surface area contributed by atoms with Gasteiger partial charge in [0.15, 0.2) is 0 Å². The third kappa shape index (κ3) is 3.85. The average Bonchev–Trinajstić information content (AvgIpc) is 2.59. The zero-order valence-corrected chi connectivity index (χ0v) is 11.4. The van der Waals surface area contributed by atoms with Gasteiger partial charge < -0.3 is 15.1 Å². The van der Waals surface area contributed by atoms with Gasteiger partial charge in [0.1, 0.15) is 5.75 Å². The van der Waals surface area contributed by atoms with Crippen LogP contribution in [0.5, 0.6) is 5.75 Å². The van der Waals surface area contributed by atoms with Crippen molar-refractivity contribution in [1.82, 2.24) is 4.90 Å². The number of rotatable bonds is 2. The molecule has 0 spiro atoms. The van der Waals surface area contributed by atoms with Crippen LogP contribution in [0, 0.1) is 0 Å². The monoisotopic (exact) mass is 283 g/mol. The SMILES string of the molecule is O=C(Cc1ccc(O)c(Cl)c1)N1CCC[C@H](O)CC1. The summed E-state index contributed by atoms with van der Waals surface area (Å²) in [6.07, 6.45) is 2.22. The molecule has 0 bridgehead atoms. The molecule has 0 unspecified atom stereocenters. The lowest BCUT2D eigenvalue weighted by atomic mass is 10.1. The Morgan fingerprint density at radius 3 is 2.89 bits per heavy atom. The Morgan fingerprint density at radius 1 is 1.37 bits per heavy atom. The van der Waals surface area contributed by atoms with Crippen LogP contribution in [0.3, 0.4) is 0 Å². The van der Waals surface area contributed by atoms with Gasteiger partial charge in [0.05, 0.1) is 17.5 Å². The summed E-state index contributed by atoms with van der Waals surface area (Å²) in [5.74, 6) is 0.0617. The molecule has 1 aromatic rings. The van der Waals surface area contributed by atoms with Gasteiger partial charge in [0.25, 0.3) is 0 Å². The first-order valence-corrected chi connectivity index (χ1v) is 6.87. The molecule has 0 aliphatic carbocycles. The predicted molar refractivity (Wildman–Crippen MR) is 73.3 cm³/mol. The Kier molecular flexibility index (Phi) is 4.66. The van der Waals surface area contributed by atoms with Gasteiger partial charge >= 0.3 is 0 Å². The van der Waals surface area contributed by atoms with Crippen LogP contribution in [-0.4, -0.2) is 40.2 Å². The van der Waals surface area contributed by atoms with Gasteiger partial charge in [0, 0.05) is 13.1 Å². The smallest absolute Gasteiger partial charge is 0.226 e. The Labute approximate surface area is 117 Å². The normalized spacial score (nSPS) is 20.1. The number of nitrogens with zero attached hydrogens (tertiary/aromatic N) is 1. The molecule has 104 valence electrons. The largest absolute Gasteiger partial charge is 0.506 e. The quantitative estimate of drug-likeness (QED) is 0.872. The third-order valence-corrected chi connectivity index (χ3v) is 3.72. The molecule has 1 aromatic carbocycles. The summed E-state index contributed by atoms with van der Waals surface area (Å²) in [5, 5.41) is 19.2. The second kappa shape index (κ2) is 6.26. The summed E-state index contributed by atoms with van der Waals surface area (Å²) in [4.78, 5) is 14.0. The van der Waals surface area contributed by atoms with E-state index in [1.54, 1.807) is 17.0 Å². The average molecular weight is 284 g/mol. The summed E-state index contributed by atoms with van der Waals surface area (Å²) in [5.41, 5.74) is 0.789. The minimum Gasteiger partial charge on any atom is -0.506 e. The molecule has 1 heterocycles. The molecule has 0 aromatic heterocycles. The fourth-order valence-corrected chi connectivity index (χ4v) is 2.48. The molecule has 1 amide bonds. The maximum atomic E-state index is 12.2. The van der Waals surface area contributed by atoms with Gasteiger partial charge in [-0.15, -0.1) is 0 Å². The van der Waals surface area contributed by atoms with Crippen LogP contribution in [0.4, 0.5) is 0 Å². The summed E-state index contributed by atoms with van der Waals surface area (Å²) in [7, 11) is 0. The zero-order chi connectivity index (χ0) is 13.8. The standard InChI is InChI=1S/C14H18ClNO3/c15-12-8-10(3-4-13(12)18)9-14(19)16-6-1-2-11(17)5-7-16/h3-4,8,11,17-18H,1-2,5-7,9H2/t11-/m0/s1. The highest BCUT2D eigenvalue weighted by atomic mass is 35.5. The van der Waals surface area contributed by atoms with E-state index in [9.17, 15) is 15.0 Å². The lowest BCUT2D eigenvalue weighted by molar-refractivity contribution is -0.130. The molecule has 1 saturated heterocycles. The number of aliphatic hydroxyl groups is 1. The molecule has 4 nitrogen and oxygen atoms in total. The molecule has 1 fully saturated rings. The molecule has 2 rings (SSSR count). The summed E-state index contributed by atoms with van der Waals surface area (Å²) in [6, 6.07) is 4.81. The van der Waals surface area contributed by atoms with Gasteiger partial charge in [-0.3, -0.25) is 4.79 Å². The van der Waals surface area contributed by atoms with Crippen molar-refractivity contribution in [3.05, 3.63) is 28.8 Å². The molecule has 1 aliphatic rings. The van der Waals surface area contributed by atoms with E-state index < -0.39 is 0 Å². The minimum absolute atomic E-state index is 0.0239. The lowest BCUT2D eigenvalue weighted by Crippen LogP contribution is -2.33. The first-order chi connectivity index (χ1) is 9.06. The number of phenolic OH excluding ortho intramolecular Hbond substituents is 1. The fraction of sp³-hybridized carbons (Fsp3) is 0.500. The third-order valence-electron chi connectivity index (χ3n) is 3.42. The summed E-state index contributed by atoms with van der Waals surface area (Å²) in [6.45, 7) is 1.30. The molecule has 1 atom stereocenters. The second-order valence-corrected chi connectivity index (χ2v) is 5.34. The van der Waals surface area contributed by atoms with E-state index in [1.807, 2.05) is 0 Å². The van der Waals surface area contributed by atoms with Crippen molar-refractivity contribution in [1.29, 1.82) is 0 Å². The number of amides is 1. The summed E-state index contributed by atoms with van der Waals surface area (Å²) >= 11 is 5.82. The number of carbonyl (C=O) groups excluding carboxylic acids is 1. The van der Waals surface area contributed by atoms with Crippen molar-refractivity contribution >= 4 is 17.5 Å². The highest BCUT2D eigenvalue weighted by Crippen LogP contribution is 2.24. The number of benzene rings is 1.